The van der Waals surface area contributed by atoms with Crippen LogP contribution >= 0.6 is 23.8 Å². The Balaban J connectivity index is 1.85. The molecule has 1 aromatic carbocycles. The summed E-state index contributed by atoms with van der Waals surface area (Å²) in [6, 6.07) is 11.5. The van der Waals surface area contributed by atoms with E-state index in [9.17, 15) is 0 Å². The molecule has 1 aromatic heterocycles. The number of thiocarbonyl (C=S) groups is 1. The zero-order valence-electron chi connectivity index (χ0n) is 15.4. The lowest BCUT2D eigenvalue weighted by atomic mass is 9.91. The Kier molecular flexibility index (Phi) is 6.42. The van der Waals surface area contributed by atoms with Crippen LogP contribution in [0.3, 0.4) is 0 Å². The van der Waals surface area contributed by atoms with Gasteiger partial charge < -0.3 is 9.47 Å². The molecule has 0 N–H and O–H groups in total. The SMILES string of the molecule is C/C=N\N(C=S)CC1(c2ccc(Oc3ccc(C)cc3)nc2Cl)CCCO1. The van der Waals surface area contributed by atoms with Crippen molar-refractivity contribution in [2.45, 2.75) is 32.3 Å². The average Bonchev–Trinajstić information content (AvgIpc) is 3.12. The standard InChI is InChI=1S/C20H22ClN3O2S/c1-3-22-24(14-27)13-20(11-4-12-25-20)17-9-10-18(23-19(17)21)26-16-7-5-15(2)6-8-16/h3,5-10,14H,4,11-13H2,1-2H3/b22-3-. The summed E-state index contributed by atoms with van der Waals surface area (Å²) in [4.78, 5) is 4.43. The Hall–Kier alpha value is -2.02. The molecule has 2 aromatic rings. The molecule has 3 rings (SSSR count). The summed E-state index contributed by atoms with van der Waals surface area (Å²) in [6.45, 7) is 5.03. The number of hydrazone groups is 1. The van der Waals surface area contributed by atoms with Crippen molar-refractivity contribution >= 4 is 35.5 Å². The van der Waals surface area contributed by atoms with Crippen molar-refractivity contribution in [2.75, 3.05) is 13.2 Å². The lowest BCUT2D eigenvalue weighted by Crippen LogP contribution is -2.38. The molecule has 1 atom stereocenters. The molecule has 7 heteroatoms. The van der Waals surface area contributed by atoms with Crippen molar-refractivity contribution in [1.29, 1.82) is 0 Å². The van der Waals surface area contributed by atoms with Gasteiger partial charge >= 0.3 is 0 Å². The number of benzene rings is 1. The van der Waals surface area contributed by atoms with Gasteiger partial charge in [-0.1, -0.05) is 41.5 Å². The Morgan fingerprint density at radius 2 is 2.11 bits per heavy atom. The Morgan fingerprint density at radius 1 is 1.33 bits per heavy atom. The quantitative estimate of drug-likeness (QED) is 0.278. The molecule has 1 saturated heterocycles. The summed E-state index contributed by atoms with van der Waals surface area (Å²) in [5.74, 6) is 1.16. The third kappa shape index (κ3) is 4.64. The number of aromatic nitrogens is 1. The van der Waals surface area contributed by atoms with Gasteiger partial charge in [0.15, 0.2) is 0 Å². The number of pyridine rings is 1. The fourth-order valence-corrected chi connectivity index (χ4v) is 3.62. The summed E-state index contributed by atoms with van der Waals surface area (Å²) < 4.78 is 11.9. The molecule has 1 aliphatic heterocycles. The fraction of sp³-hybridized carbons (Fsp3) is 0.350. The van der Waals surface area contributed by atoms with Crippen LogP contribution in [0.1, 0.15) is 30.9 Å². The Morgan fingerprint density at radius 3 is 2.70 bits per heavy atom. The van der Waals surface area contributed by atoms with Gasteiger partial charge in [0.05, 0.1) is 12.0 Å². The molecule has 0 aliphatic carbocycles. The topological polar surface area (TPSA) is 47.0 Å². The van der Waals surface area contributed by atoms with Gasteiger partial charge in [-0.25, -0.2) is 4.98 Å². The van der Waals surface area contributed by atoms with E-state index in [1.165, 1.54) is 11.1 Å². The molecule has 142 valence electrons. The Labute approximate surface area is 170 Å². The van der Waals surface area contributed by atoms with E-state index in [2.05, 4.69) is 10.1 Å². The number of ether oxygens (including phenoxy) is 2. The highest BCUT2D eigenvalue weighted by Crippen LogP contribution is 2.40. The third-order valence-corrected chi connectivity index (χ3v) is 5.00. The van der Waals surface area contributed by atoms with E-state index < -0.39 is 5.60 Å². The van der Waals surface area contributed by atoms with Gasteiger partial charge in [-0.15, -0.1) is 0 Å². The summed E-state index contributed by atoms with van der Waals surface area (Å²) in [5, 5.41) is 6.32. The van der Waals surface area contributed by atoms with E-state index in [1.54, 1.807) is 11.2 Å². The number of hydrogen-bond acceptors (Lipinski definition) is 5. The van der Waals surface area contributed by atoms with E-state index in [4.69, 9.17) is 33.3 Å². The van der Waals surface area contributed by atoms with Crippen LogP contribution in [0.2, 0.25) is 5.15 Å². The zero-order chi connectivity index (χ0) is 19.3. The van der Waals surface area contributed by atoms with Gasteiger partial charge in [0.1, 0.15) is 16.5 Å². The van der Waals surface area contributed by atoms with Crippen molar-refractivity contribution in [3.05, 3.63) is 52.7 Å². The predicted octanol–water partition coefficient (Wildman–Crippen LogP) is 5.11. The number of hydrogen-bond donors (Lipinski definition) is 0. The fourth-order valence-electron chi connectivity index (χ4n) is 3.18. The molecule has 1 unspecified atom stereocenters. The maximum Gasteiger partial charge on any atom is 0.220 e. The van der Waals surface area contributed by atoms with Crippen molar-refractivity contribution in [3.8, 4) is 11.6 Å². The molecule has 1 aliphatic rings. The van der Waals surface area contributed by atoms with Crippen molar-refractivity contribution in [2.24, 2.45) is 5.10 Å². The molecule has 0 bridgehead atoms. The van der Waals surface area contributed by atoms with E-state index in [1.807, 2.05) is 50.2 Å². The maximum absolute atomic E-state index is 6.53. The molecule has 0 saturated carbocycles. The number of halogens is 1. The maximum atomic E-state index is 6.53. The molecular formula is C20H22ClN3O2S. The number of rotatable bonds is 7. The second kappa shape index (κ2) is 8.78. The van der Waals surface area contributed by atoms with Crippen LogP contribution in [0.25, 0.3) is 0 Å². The predicted molar refractivity (Wildman–Crippen MR) is 112 cm³/mol. The van der Waals surface area contributed by atoms with E-state index >= 15 is 0 Å². The largest absolute Gasteiger partial charge is 0.439 e. The first-order valence-corrected chi connectivity index (χ1v) is 9.67. The molecular weight excluding hydrogens is 382 g/mol. The van der Waals surface area contributed by atoms with Gasteiger partial charge in [-0.3, -0.25) is 5.01 Å². The first-order chi connectivity index (χ1) is 13.1. The van der Waals surface area contributed by atoms with Gasteiger partial charge in [-0.05, 0) is 44.9 Å². The molecule has 27 heavy (non-hydrogen) atoms. The van der Waals surface area contributed by atoms with Gasteiger partial charge in [0, 0.05) is 24.5 Å². The highest BCUT2D eigenvalue weighted by molar-refractivity contribution is 7.78. The summed E-state index contributed by atoms with van der Waals surface area (Å²) in [7, 11) is 0. The first kappa shape index (κ1) is 19.7. The van der Waals surface area contributed by atoms with Crippen LogP contribution in [0.4, 0.5) is 0 Å². The van der Waals surface area contributed by atoms with E-state index in [0.29, 0.717) is 29.9 Å². The van der Waals surface area contributed by atoms with Crippen molar-refractivity contribution < 1.29 is 9.47 Å². The van der Waals surface area contributed by atoms with Gasteiger partial charge in [0.25, 0.3) is 0 Å². The summed E-state index contributed by atoms with van der Waals surface area (Å²) >= 11 is 11.6. The van der Waals surface area contributed by atoms with Crippen molar-refractivity contribution in [1.82, 2.24) is 9.99 Å². The Bertz CT molecular complexity index is 820. The lowest BCUT2D eigenvalue weighted by molar-refractivity contribution is -0.0142. The number of nitrogens with zero attached hydrogens (tertiary/aromatic N) is 3. The van der Waals surface area contributed by atoms with Crippen LogP contribution in [0.15, 0.2) is 41.5 Å². The first-order valence-electron chi connectivity index (χ1n) is 8.82. The summed E-state index contributed by atoms with van der Waals surface area (Å²) in [6.07, 6.45) is 3.47. The molecule has 0 spiro atoms. The highest BCUT2D eigenvalue weighted by atomic mass is 35.5. The van der Waals surface area contributed by atoms with Gasteiger partial charge in [-0.2, -0.15) is 5.10 Å². The average molecular weight is 404 g/mol. The molecule has 2 heterocycles. The monoisotopic (exact) mass is 403 g/mol. The second-order valence-corrected chi connectivity index (χ2v) is 6.99. The van der Waals surface area contributed by atoms with Crippen LogP contribution < -0.4 is 4.74 Å². The highest BCUT2D eigenvalue weighted by Gasteiger charge is 2.40. The smallest absolute Gasteiger partial charge is 0.220 e. The molecule has 5 nitrogen and oxygen atoms in total. The molecule has 0 radical (unpaired) electrons. The van der Waals surface area contributed by atoms with Gasteiger partial charge in [0.2, 0.25) is 5.88 Å². The molecule has 1 fully saturated rings. The van der Waals surface area contributed by atoms with Crippen molar-refractivity contribution in [3.63, 3.8) is 0 Å². The van der Waals surface area contributed by atoms with Crippen LogP contribution in [0.5, 0.6) is 11.6 Å². The van der Waals surface area contributed by atoms with Crippen LogP contribution in [-0.2, 0) is 10.3 Å². The van der Waals surface area contributed by atoms with Crippen LogP contribution in [-0.4, -0.2) is 34.9 Å². The number of aryl methyl sites for hydroxylation is 1. The van der Waals surface area contributed by atoms with E-state index in [0.717, 1.165) is 18.4 Å². The molecule has 0 amide bonds. The summed E-state index contributed by atoms with van der Waals surface area (Å²) in [5.41, 5.74) is 2.92. The third-order valence-electron chi connectivity index (χ3n) is 4.46. The second-order valence-electron chi connectivity index (χ2n) is 6.43. The minimum Gasteiger partial charge on any atom is -0.439 e. The zero-order valence-corrected chi connectivity index (χ0v) is 17.0. The van der Waals surface area contributed by atoms with E-state index in [-0.39, 0.29) is 0 Å². The van der Waals surface area contributed by atoms with Crippen LogP contribution in [0, 0.1) is 6.92 Å². The minimum absolute atomic E-state index is 0.367. The normalized spacial score (nSPS) is 19.4. The minimum atomic E-state index is -0.589. The lowest BCUT2D eigenvalue weighted by Gasteiger charge is -2.32.